The van der Waals surface area contributed by atoms with Crippen molar-refractivity contribution in [3.05, 3.63) is 23.6 Å². The molecular formula is C3H4N3O2+. The van der Waals surface area contributed by atoms with Gasteiger partial charge in [0.2, 0.25) is 0 Å². The molecule has 0 aliphatic rings. The van der Waals surface area contributed by atoms with Crippen LogP contribution in [0.25, 0.3) is 0 Å². The maximum Gasteiger partial charge on any atom is 1.00 e. The van der Waals surface area contributed by atoms with E-state index in [-0.39, 0.29) is 1.43 Å². The molecule has 5 nitrogen and oxygen atoms in total. The first-order chi connectivity index (χ1) is 3.93. The van der Waals surface area contributed by atoms with E-state index in [9.17, 15) is 4.91 Å². The van der Waals surface area contributed by atoms with Crippen molar-refractivity contribution in [2.45, 2.75) is 0 Å². The van der Waals surface area contributed by atoms with Crippen LogP contribution < -0.4 is 4.94 Å². The van der Waals surface area contributed by atoms with Crippen LogP contribution in [0.3, 0.4) is 0 Å². The van der Waals surface area contributed by atoms with Crippen molar-refractivity contribution in [1.82, 2.24) is 9.71 Å². The molecule has 8 heavy (non-hydrogen) atoms. The van der Waals surface area contributed by atoms with Crippen LogP contribution in [0.5, 0.6) is 0 Å². The first kappa shape index (κ1) is 4.76. The smallest absolute Gasteiger partial charge is 0.242 e. The molecule has 1 aromatic rings. The molecule has 0 saturated heterocycles. The summed E-state index contributed by atoms with van der Waals surface area (Å²) >= 11 is 0. The lowest BCUT2D eigenvalue weighted by atomic mass is 11.0. The fraction of sp³-hybridized carbons (Fsp3) is 0. The first-order valence-corrected chi connectivity index (χ1v) is 1.91. The Morgan fingerprint density at radius 2 is 2.75 bits per heavy atom. The Labute approximate surface area is 46.3 Å². The highest BCUT2D eigenvalue weighted by molar-refractivity contribution is 4.68. The van der Waals surface area contributed by atoms with Crippen LogP contribution in [0.2, 0.25) is 0 Å². The van der Waals surface area contributed by atoms with Gasteiger partial charge in [0.25, 0.3) is 0 Å². The zero-order chi connectivity index (χ0) is 5.82. The molecule has 0 bridgehead atoms. The maximum atomic E-state index is 9.35. The topological polar surface area (TPSA) is 56.5 Å². The molecule has 0 amide bonds. The van der Waals surface area contributed by atoms with Crippen molar-refractivity contribution in [3.8, 4) is 0 Å². The highest BCUT2D eigenvalue weighted by Crippen LogP contribution is 1.78. The van der Waals surface area contributed by atoms with Gasteiger partial charge in [-0.3, -0.25) is 0 Å². The van der Waals surface area contributed by atoms with Crippen molar-refractivity contribution in [2.24, 2.45) is 5.34 Å². The summed E-state index contributed by atoms with van der Waals surface area (Å²) in [6, 6.07) is 0. The van der Waals surface area contributed by atoms with Gasteiger partial charge >= 0.3 is 1.43 Å². The largest absolute Gasteiger partial charge is 1.00 e. The minimum Gasteiger partial charge on any atom is -0.242 e. The van der Waals surface area contributed by atoms with E-state index in [2.05, 4.69) is 15.3 Å². The highest BCUT2D eigenvalue weighted by Gasteiger charge is 1.82. The predicted molar refractivity (Wildman–Crippen MR) is 25.7 cm³/mol. The molecule has 42 valence electrons. The van der Waals surface area contributed by atoms with Crippen LogP contribution >= 0.6 is 0 Å². The Morgan fingerprint density at radius 3 is 3.25 bits per heavy atom. The van der Waals surface area contributed by atoms with Gasteiger partial charge in [0.1, 0.15) is 6.33 Å². The number of hydrogen-bond donors (Lipinski definition) is 0. The summed E-state index contributed by atoms with van der Waals surface area (Å²) in [6.07, 6.45) is 4.26. The number of imidazole rings is 1. The summed E-state index contributed by atoms with van der Waals surface area (Å²) in [4.78, 5) is 17.0. The molecule has 5 heteroatoms. The quantitative estimate of drug-likeness (QED) is 0.405. The Morgan fingerprint density at radius 1 is 1.88 bits per heavy atom. The highest BCUT2D eigenvalue weighted by atomic mass is 16.8. The summed E-state index contributed by atoms with van der Waals surface area (Å²) < 4.78 is 1.09. The Bertz CT molecular complexity index is 164. The fourth-order valence-corrected chi connectivity index (χ4v) is 0.334. The molecule has 1 heterocycles. The molecule has 0 aromatic carbocycles. The van der Waals surface area contributed by atoms with Crippen molar-refractivity contribution in [2.75, 3.05) is 0 Å². The van der Waals surface area contributed by atoms with Crippen LogP contribution in [0, 0.1) is 4.91 Å². The van der Waals surface area contributed by atoms with Crippen molar-refractivity contribution in [3.63, 3.8) is 0 Å². The fourth-order valence-electron chi connectivity index (χ4n) is 0.334. The summed E-state index contributed by atoms with van der Waals surface area (Å²) in [5.41, 5.74) is 0. The Hall–Kier alpha value is -1.39. The van der Waals surface area contributed by atoms with Gasteiger partial charge in [0, 0.05) is 6.20 Å². The second-order valence-electron chi connectivity index (χ2n) is 1.08. The van der Waals surface area contributed by atoms with E-state index in [0.29, 0.717) is 0 Å². The summed E-state index contributed by atoms with van der Waals surface area (Å²) in [5.74, 6) is 0. The zero-order valence-corrected chi connectivity index (χ0v) is 3.89. The van der Waals surface area contributed by atoms with Gasteiger partial charge in [0.15, 0.2) is 5.34 Å². The van der Waals surface area contributed by atoms with Crippen LogP contribution in [-0.4, -0.2) is 9.71 Å². The van der Waals surface area contributed by atoms with Gasteiger partial charge in [-0.1, -0.05) is 0 Å². The molecule has 0 N–H and O–H groups in total. The number of rotatable bonds is 2. The molecule has 0 saturated carbocycles. The molecule has 0 fully saturated rings. The predicted octanol–water partition coefficient (Wildman–Crippen LogP) is 0.106. The van der Waals surface area contributed by atoms with Crippen LogP contribution in [0.15, 0.2) is 24.1 Å². The normalized spacial score (nSPS) is 8.50. The molecule has 0 atom stereocenters. The van der Waals surface area contributed by atoms with Gasteiger partial charge in [-0.25, -0.2) is 9.92 Å². The van der Waals surface area contributed by atoms with Crippen LogP contribution in [-0.2, 0) is 0 Å². The molecule has 1 rings (SSSR count). The Balaban J connectivity index is 0.000000640. The van der Waals surface area contributed by atoms with Crippen LogP contribution in [0.4, 0.5) is 0 Å². The van der Waals surface area contributed by atoms with E-state index in [1.54, 1.807) is 0 Å². The lowest BCUT2D eigenvalue weighted by Gasteiger charge is -1.86. The van der Waals surface area contributed by atoms with Gasteiger partial charge < -0.3 is 0 Å². The van der Waals surface area contributed by atoms with Crippen molar-refractivity contribution in [1.29, 1.82) is 0 Å². The molecule has 0 radical (unpaired) electrons. The van der Waals surface area contributed by atoms with E-state index < -0.39 is 0 Å². The molecule has 0 aliphatic carbocycles. The lowest BCUT2D eigenvalue weighted by molar-refractivity contribution is 0.114. The van der Waals surface area contributed by atoms with E-state index in [0.717, 1.165) is 4.73 Å². The van der Waals surface area contributed by atoms with E-state index in [4.69, 9.17) is 0 Å². The Kier molecular flexibility index (Phi) is 1.23. The molecule has 1 aromatic heterocycles. The van der Waals surface area contributed by atoms with E-state index >= 15 is 0 Å². The third-order valence-corrected chi connectivity index (χ3v) is 0.608. The standard InChI is InChI=1S/C3H3N3O2/c7-5-8-6-2-1-4-3-6/h1-3H/p+1. The second kappa shape index (κ2) is 2.06. The summed E-state index contributed by atoms with van der Waals surface area (Å²) in [7, 11) is 0. The zero-order valence-electron chi connectivity index (χ0n) is 4.89. The molecule has 0 unspecified atom stereocenters. The van der Waals surface area contributed by atoms with Crippen molar-refractivity contribution < 1.29 is 6.36 Å². The minimum atomic E-state index is 0. The average molecular weight is 114 g/mol. The minimum absolute atomic E-state index is 0. The van der Waals surface area contributed by atoms with Gasteiger partial charge in [0.05, 0.1) is 6.20 Å². The van der Waals surface area contributed by atoms with Gasteiger partial charge in [-0.15, -0.1) is 9.64 Å². The monoisotopic (exact) mass is 114 g/mol. The van der Waals surface area contributed by atoms with Crippen LogP contribution in [0.1, 0.15) is 1.43 Å². The SMILES string of the molecule is O=NOn1ccnc1.[H+]. The van der Waals surface area contributed by atoms with E-state index in [1.807, 2.05) is 0 Å². The third kappa shape index (κ3) is 0.810. The van der Waals surface area contributed by atoms with Crippen molar-refractivity contribution >= 4 is 0 Å². The molecule has 0 aliphatic heterocycles. The average Bonchev–Trinajstić information content (AvgIpc) is 2.19. The maximum absolute atomic E-state index is 9.35. The molecular weight excluding hydrogens is 110 g/mol. The molecule has 0 spiro atoms. The lowest BCUT2D eigenvalue weighted by Crippen LogP contribution is -1.98. The second-order valence-corrected chi connectivity index (χ2v) is 1.08. The number of nitrogens with zero attached hydrogens (tertiary/aromatic N) is 3. The number of aromatic nitrogens is 2. The summed E-state index contributed by atoms with van der Waals surface area (Å²) in [5, 5.41) is 2.15. The van der Waals surface area contributed by atoms with E-state index in [1.165, 1.54) is 18.7 Å². The van der Waals surface area contributed by atoms with Gasteiger partial charge in [-0.2, -0.15) is 0 Å². The summed E-state index contributed by atoms with van der Waals surface area (Å²) in [6.45, 7) is 0. The number of hydrogen-bond acceptors (Lipinski definition) is 4. The third-order valence-electron chi connectivity index (χ3n) is 0.608. The van der Waals surface area contributed by atoms with Gasteiger partial charge in [-0.05, 0) is 0 Å². The first-order valence-electron chi connectivity index (χ1n) is 1.91.